The number of ether oxygens (including phenoxy) is 1. The van der Waals surface area contributed by atoms with E-state index < -0.39 is 5.97 Å². The first-order chi connectivity index (χ1) is 11.4. The fourth-order valence-electron chi connectivity index (χ4n) is 2.03. The lowest BCUT2D eigenvalue weighted by Gasteiger charge is -2.09. The zero-order chi connectivity index (χ0) is 17.7. The normalized spacial score (nSPS) is 10.3. The second-order valence-corrected chi connectivity index (χ2v) is 6.24. The highest BCUT2D eigenvalue weighted by Crippen LogP contribution is 2.21. The van der Waals surface area contributed by atoms with Gasteiger partial charge in [0.2, 0.25) is 0 Å². The van der Waals surface area contributed by atoms with E-state index in [1.54, 1.807) is 6.07 Å². The number of nitrogens with one attached hydrogen (secondary N) is 1. The number of carbonyl (C=O) groups excluding carboxylic acids is 2. The average molecular weight is 366 g/mol. The van der Waals surface area contributed by atoms with Gasteiger partial charge >= 0.3 is 5.97 Å². The number of rotatable bonds is 5. The Hall–Kier alpha value is -2.04. The summed E-state index contributed by atoms with van der Waals surface area (Å²) in [6.45, 7) is 4.03. The zero-order valence-electron chi connectivity index (χ0n) is 13.4. The van der Waals surface area contributed by atoms with Crippen LogP contribution >= 0.6 is 23.2 Å². The van der Waals surface area contributed by atoms with Crippen molar-refractivity contribution in [3.05, 3.63) is 68.7 Å². The van der Waals surface area contributed by atoms with E-state index in [4.69, 9.17) is 27.9 Å². The van der Waals surface area contributed by atoms with E-state index in [9.17, 15) is 9.59 Å². The molecule has 2 rings (SSSR count). The highest BCUT2D eigenvalue weighted by molar-refractivity contribution is 6.35. The minimum atomic E-state index is -0.691. The Labute approximate surface area is 150 Å². The molecule has 126 valence electrons. The summed E-state index contributed by atoms with van der Waals surface area (Å²) < 4.78 is 4.96. The number of carbonyl (C=O) groups is 2. The van der Waals surface area contributed by atoms with Crippen molar-refractivity contribution in [3.8, 4) is 0 Å². The molecule has 0 aliphatic rings. The molecule has 2 aromatic carbocycles. The molecule has 6 heteroatoms. The minimum absolute atomic E-state index is 0.131. The topological polar surface area (TPSA) is 55.4 Å². The van der Waals surface area contributed by atoms with E-state index in [-0.39, 0.29) is 23.1 Å². The molecule has 0 saturated carbocycles. The Bertz CT molecular complexity index is 775. The van der Waals surface area contributed by atoms with Crippen LogP contribution in [-0.2, 0) is 16.1 Å². The standard InChI is InChI=1S/C18H17Cl2NO3/c1-11-3-4-13(7-12(11)2)9-21-17(22)10-24-18(23)15-8-14(19)5-6-16(15)20/h3-8H,9-10H2,1-2H3,(H,21,22). The average Bonchev–Trinajstić information content (AvgIpc) is 2.56. The predicted molar refractivity (Wildman–Crippen MR) is 94.5 cm³/mol. The van der Waals surface area contributed by atoms with Gasteiger partial charge in [-0.05, 0) is 48.7 Å². The lowest BCUT2D eigenvalue weighted by molar-refractivity contribution is -0.124. The largest absolute Gasteiger partial charge is 0.452 e. The maximum atomic E-state index is 11.9. The zero-order valence-corrected chi connectivity index (χ0v) is 14.9. The molecule has 4 nitrogen and oxygen atoms in total. The molecular formula is C18H17Cl2NO3. The van der Waals surface area contributed by atoms with Crippen LogP contribution in [0.3, 0.4) is 0 Å². The van der Waals surface area contributed by atoms with Crippen LogP contribution in [0, 0.1) is 13.8 Å². The van der Waals surface area contributed by atoms with Gasteiger partial charge in [-0.2, -0.15) is 0 Å². The molecule has 0 spiro atoms. The summed E-state index contributed by atoms with van der Waals surface area (Å²) in [7, 11) is 0. The van der Waals surface area contributed by atoms with Gasteiger partial charge in [-0.1, -0.05) is 41.4 Å². The molecule has 2 aromatic rings. The molecule has 0 unspecified atom stereocenters. The number of hydrogen-bond acceptors (Lipinski definition) is 3. The fraction of sp³-hybridized carbons (Fsp3) is 0.222. The van der Waals surface area contributed by atoms with Crippen molar-refractivity contribution < 1.29 is 14.3 Å². The first kappa shape index (κ1) is 18.3. The highest BCUT2D eigenvalue weighted by atomic mass is 35.5. The van der Waals surface area contributed by atoms with Crippen LogP contribution < -0.4 is 5.32 Å². The third kappa shape index (κ3) is 4.98. The Balaban J connectivity index is 1.85. The Morgan fingerprint density at radius 1 is 1.04 bits per heavy atom. The summed E-state index contributed by atoms with van der Waals surface area (Å²) in [5.41, 5.74) is 3.46. The van der Waals surface area contributed by atoms with Gasteiger partial charge < -0.3 is 10.1 Å². The lowest BCUT2D eigenvalue weighted by atomic mass is 10.1. The monoisotopic (exact) mass is 365 g/mol. The minimum Gasteiger partial charge on any atom is -0.452 e. The molecule has 0 saturated heterocycles. The molecule has 1 amide bonds. The SMILES string of the molecule is Cc1ccc(CNC(=O)COC(=O)c2cc(Cl)ccc2Cl)cc1C. The second kappa shape index (κ2) is 8.18. The number of amides is 1. The van der Waals surface area contributed by atoms with Gasteiger partial charge in [0.15, 0.2) is 6.61 Å². The predicted octanol–water partition coefficient (Wildman–Crippen LogP) is 4.08. The number of hydrogen-bond donors (Lipinski definition) is 1. The van der Waals surface area contributed by atoms with Gasteiger partial charge in [-0.3, -0.25) is 4.79 Å². The van der Waals surface area contributed by atoms with Gasteiger partial charge in [-0.25, -0.2) is 4.79 Å². The smallest absolute Gasteiger partial charge is 0.340 e. The summed E-state index contributed by atoms with van der Waals surface area (Å²) in [5.74, 6) is -1.08. The molecule has 0 atom stereocenters. The van der Waals surface area contributed by atoms with Crippen LogP contribution in [0.1, 0.15) is 27.0 Å². The van der Waals surface area contributed by atoms with Gasteiger partial charge in [0.25, 0.3) is 5.91 Å². The van der Waals surface area contributed by atoms with Crippen molar-refractivity contribution in [1.82, 2.24) is 5.32 Å². The molecule has 0 radical (unpaired) electrons. The lowest BCUT2D eigenvalue weighted by Crippen LogP contribution is -2.28. The number of benzene rings is 2. The molecule has 24 heavy (non-hydrogen) atoms. The van der Waals surface area contributed by atoms with E-state index in [2.05, 4.69) is 5.32 Å². The van der Waals surface area contributed by atoms with E-state index >= 15 is 0 Å². The summed E-state index contributed by atoms with van der Waals surface area (Å²) in [6.07, 6.45) is 0. The van der Waals surface area contributed by atoms with E-state index in [0.29, 0.717) is 11.6 Å². The van der Waals surface area contributed by atoms with Crippen LogP contribution in [-0.4, -0.2) is 18.5 Å². The number of esters is 1. The van der Waals surface area contributed by atoms with Gasteiger partial charge in [0.1, 0.15) is 0 Å². The molecule has 0 fully saturated rings. The Morgan fingerprint density at radius 2 is 1.79 bits per heavy atom. The van der Waals surface area contributed by atoms with Gasteiger partial charge in [0, 0.05) is 11.6 Å². The van der Waals surface area contributed by atoms with E-state index in [1.807, 2.05) is 32.0 Å². The Kier molecular flexibility index (Phi) is 6.23. The molecule has 0 heterocycles. The second-order valence-electron chi connectivity index (χ2n) is 5.40. The van der Waals surface area contributed by atoms with E-state index in [1.165, 1.54) is 17.7 Å². The Morgan fingerprint density at radius 3 is 2.50 bits per heavy atom. The number of aryl methyl sites for hydroxylation is 2. The first-order valence-electron chi connectivity index (χ1n) is 7.32. The van der Waals surface area contributed by atoms with Crippen molar-refractivity contribution in [2.24, 2.45) is 0 Å². The van der Waals surface area contributed by atoms with Crippen molar-refractivity contribution in [3.63, 3.8) is 0 Å². The third-order valence-corrected chi connectivity index (χ3v) is 4.11. The molecule has 0 bridgehead atoms. The number of halogens is 2. The van der Waals surface area contributed by atoms with Crippen molar-refractivity contribution in [2.75, 3.05) is 6.61 Å². The van der Waals surface area contributed by atoms with Crippen LogP contribution in [0.25, 0.3) is 0 Å². The summed E-state index contributed by atoms with van der Waals surface area (Å²) in [6, 6.07) is 10.4. The van der Waals surface area contributed by atoms with Crippen LogP contribution in [0.5, 0.6) is 0 Å². The molecule has 0 aliphatic carbocycles. The summed E-state index contributed by atoms with van der Waals surface area (Å²) >= 11 is 11.7. The molecular weight excluding hydrogens is 349 g/mol. The fourth-order valence-corrected chi connectivity index (χ4v) is 2.39. The summed E-state index contributed by atoms with van der Waals surface area (Å²) in [4.78, 5) is 23.7. The summed E-state index contributed by atoms with van der Waals surface area (Å²) in [5, 5.41) is 3.29. The van der Waals surface area contributed by atoms with Crippen LogP contribution in [0.15, 0.2) is 36.4 Å². The van der Waals surface area contributed by atoms with E-state index in [0.717, 1.165) is 11.1 Å². The first-order valence-corrected chi connectivity index (χ1v) is 8.07. The molecule has 1 N–H and O–H groups in total. The molecule has 0 aliphatic heterocycles. The third-order valence-electron chi connectivity index (χ3n) is 3.54. The van der Waals surface area contributed by atoms with Crippen molar-refractivity contribution >= 4 is 35.1 Å². The van der Waals surface area contributed by atoms with Crippen LogP contribution in [0.4, 0.5) is 0 Å². The quantitative estimate of drug-likeness (QED) is 0.812. The van der Waals surface area contributed by atoms with Crippen molar-refractivity contribution in [1.29, 1.82) is 0 Å². The van der Waals surface area contributed by atoms with Gasteiger partial charge in [0.05, 0.1) is 10.6 Å². The maximum Gasteiger partial charge on any atom is 0.340 e. The van der Waals surface area contributed by atoms with Crippen LogP contribution in [0.2, 0.25) is 10.0 Å². The highest BCUT2D eigenvalue weighted by Gasteiger charge is 2.14. The van der Waals surface area contributed by atoms with Gasteiger partial charge in [-0.15, -0.1) is 0 Å². The molecule has 0 aromatic heterocycles. The van der Waals surface area contributed by atoms with Crippen molar-refractivity contribution in [2.45, 2.75) is 20.4 Å². The maximum absolute atomic E-state index is 11.9.